The lowest BCUT2D eigenvalue weighted by molar-refractivity contribution is 0.341. The highest BCUT2D eigenvalue weighted by atomic mass is 16.5. The lowest BCUT2D eigenvalue weighted by Crippen LogP contribution is -2.21. The van der Waals surface area contributed by atoms with Gasteiger partial charge in [-0.25, -0.2) is 0 Å². The second-order valence-electron chi connectivity index (χ2n) is 5.40. The maximum atomic E-state index is 5.78. The number of nitrogens with two attached hydrogens (primary N) is 1. The Balaban J connectivity index is 1.65. The van der Waals surface area contributed by atoms with E-state index < -0.39 is 0 Å². The molecule has 0 radical (unpaired) electrons. The Kier molecular flexibility index (Phi) is 1.95. The maximum Gasteiger partial charge on any atom is 0.234 e. The summed E-state index contributed by atoms with van der Waals surface area (Å²) in [5.74, 6) is 1.88. The Labute approximate surface area is 105 Å². The van der Waals surface area contributed by atoms with E-state index in [2.05, 4.69) is 34.4 Å². The van der Waals surface area contributed by atoms with Crippen LogP contribution in [0.25, 0.3) is 0 Å². The van der Waals surface area contributed by atoms with E-state index in [1.807, 2.05) is 0 Å². The average molecular weight is 241 g/mol. The molecule has 1 aromatic carbocycles. The van der Waals surface area contributed by atoms with E-state index in [-0.39, 0.29) is 5.41 Å². The summed E-state index contributed by atoms with van der Waals surface area (Å²) in [5.41, 5.74) is 8.51. The van der Waals surface area contributed by atoms with Gasteiger partial charge in [0.25, 0.3) is 0 Å². The molecule has 92 valence electrons. The Morgan fingerprint density at radius 2 is 2.17 bits per heavy atom. The molecular weight excluding hydrogens is 226 g/mol. The van der Waals surface area contributed by atoms with E-state index >= 15 is 0 Å². The van der Waals surface area contributed by atoms with Crippen molar-refractivity contribution in [3.8, 4) is 0 Å². The predicted octanol–water partition coefficient (Wildman–Crippen LogP) is 1.75. The van der Waals surface area contributed by atoms with Crippen molar-refractivity contribution < 1.29 is 4.52 Å². The van der Waals surface area contributed by atoms with Crippen molar-refractivity contribution in [2.24, 2.45) is 5.73 Å². The molecule has 0 bridgehead atoms. The van der Waals surface area contributed by atoms with Crippen LogP contribution in [-0.4, -0.2) is 16.7 Å². The zero-order valence-corrected chi connectivity index (χ0v) is 10.1. The lowest BCUT2D eigenvalue weighted by atomic mass is 9.77. The van der Waals surface area contributed by atoms with Gasteiger partial charge >= 0.3 is 0 Å². The van der Waals surface area contributed by atoms with E-state index in [0.29, 0.717) is 12.5 Å². The third kappa shape index (κ3) is 1.29. The van der Waals surface area contributed by atoms with E-state index in [4.69, 9.17) is 10.3 Å². The van der Waals surface area contributed by atoms with Gasteiger partial charge in [0.15, 0.2) is 5.82 Å². The normalized spacial score (nSPS) is 23.3. The Morgan fingerprint density at radius 1 is 1.33 bits per heavy atom. The molecule has 0 amide bonds. The van der Waals surface area contributed by atoms with Gasteiger partial charge in [0.05, 0.1) is 11.3 Å². The predicted molar refractivity (Wildman–Crippen MR) is 66.3 cm³/mol. The fraction of sp³-hybridized carbons (Fsp3) is 0.429. The molecule has 0 saturated heterocycles. The molecule has 2 aliphatic rings. The fourth-order valence-electron chi connectivity index (χ4n) is 2.74. The highest BCUT2D eigenvalue weighted by Crippen LogP contribution is 2.47. The number of aromatic nitrogens is 2. The summed E-state index contributed by atoms with van der Waals surface area (Å²) in [7, 11) is 0. The van der Waals surface area contributed by atoms with Crippen molar-refractivity contribution in [1.29, 1.82) is 0 Å². The molecule has 4 nitrogen and oxygen atoms in total. The van der Waals surface area contributed by atoms with E-state index in [9.17, 15) is 0 Å². The summed E-state index contributed by atoms with van der Waals surface area (Å²) < 4.78 is 5.41. The topological polar surface area (TPSA) is 64.9 Å². The Bertz CT molecular complexity index is 601. The SMILES string of the molecule is NCC1(c2nc(C3Cc4ccccc43)no2)CC1. The van der Waals surface area contributed by atoms with Gasteiger partial charge in [-0.15, -0.1) is 0 Å². The fourth-order valence-corrected chi connectivity index (χ4v) is 2.74. The lowest BCUT2D eigenvalue weighted by Gasteiger charge is -2.27. The van der Waals surface area contributed by atoms with Gasteiger partial charge in [-0.1, -0.05) is 29.4 Å². The highest BCUT2D eigenvalue weighted by molar-refractivity contribution is 5.43. The number of rotatable bonds is 3. The van der Waals surface area contributed by atoms with Crippen molar-refractivity contribution >= 4 is 0 Å². The molecule has 4 rings (SSSR count). The number of benzene rings is 1. The monoisotopic (exact) mass is 241 g/mol. The van der Waals surface area contributed by atoms with Crippen molar-refractivity contribution in [3.05, 3.63) is 47.1 Å². The van der Waals surface area contributed by atoms with Crippen molar-refractivity contribution in [2.45, 2.75) is 30.6 Å². The largest absolute Gasteiger partial charge is 0.339 e. The minimum atomic E-state index is -0.00544. The molecule has 18 heavy (non-hydrogen) atoms. The molecule has 1 atom stereocenters. The van der Waals surface area contributed by atoms with Gasteiger partial charge in [0.1, 0.15) is 0 Å². The van der Waals surface area contributed by atoms with E-state index in [1.165, 1.54) is 11.1 Å². The van der Waals surface area contributed by atoms with Gasteiger partial charge in [0, 0.05) is 6.54 Å². The van der Waals surface area contributed by atoms with Crippen LogP contribution in [0.1, 0.15) is 41.6 Å². The van der Waals surface area contributed by atoms with Crippen LogP contribution in [0.4, 0.5) is 0 Å². The summed E-state index contributed by atoms with van der Waals surface area (Å²) in [4.78, 5) is 4.58. The standard InChI is InChI=1S/C14H15N3O/c15-8-14(5-6-14)13-16-12(17-18-13)11-7-9-3-1-2-4-10(9)11/h1-4,11H,5-8,15H2. The number of nitrogens with zero attached hydrogens (tertiary/aromatic N) is 2. The van der Waals surface area contributed by atoms with Crippen LogP contribution in [0.3, 0.4) is 0 Å². The maximum absolute atomic E-state index is 5.78. The smallest absolute Gasteiger partial charge is 0.234 e. The van der Waals surface area contributed by atoms with Gasteiger partial charge in [-0.3, -0.25) is 0 Å². The average Bonchev–Trinajstić information content (AvgIpc) is 3.03. The molecule has 1 aromatic heterocycles. The molecule has 4 heteroatoms. The molecule has 2 N–H and O–H groups in total. The second kappa shape index (κ2) is 3.42. The summed E-state index contributed by atoms with van der Waals surface area (Å²) >= 11 is 0. The molecule has 1 saturated carbocycles. The number of fused-ring (bicyclic) bond motifs is 1. The van der Waals surface area contributed by atoms with Crippen LogP contribution in [0.15, 0.2) is 28.8 Å². The first-order valence-electron chi connectivity index (χ1n) is 6.44. The minimum absolute atomic E-state index is 0.00544. The minimum Gasteiger partial charge on any atom is -0.339 e. The van der Waals surface area contributed by atoms with E-state index in [1.54, 1.807) is 0 Å². The third-order valence-corrected chi connectivity index (χ3v) is 4.31. The zero-order valence-electron chi connectivity index (χ0n) is 10.1. The molecule has 1 fully saturated rings. The molecular formula is C14H15N3O. The van der Waals surface area contributed by atoms with Crippen LogP contribution in [0.2, 0.25) is 0 Å². The first kappa shape index (κ1) is 10.3. The number of hydrogen-bond donors (Lipinski definition) is 1. The first-order chi connectivity index (χ1) is 8.82. The molecule has 1 unspecified atom stereocenters. The molecule has 0 spiro atoms. The molecule has 2 aromatic rings. The number of hydrogen-bond acceptors (Lipinski definition) is 4. The van der Waals surface area contributed by atoms with E-state index in [0.717, 1.165) is 31.0 Å². The van der Waals surface area contributed by atoms with Crippen LogP contribution in [0.5, 0.6) is 0 Å². The van der Waals surface area contributed by atoms with Crippen molar-refractivity contribution in [2.75, 3.05) is 6.54 Å². The van der Waals surface area contributed by atoms with Crippen LogP contribution in [0, 0.1) is 0 Å². The first-order valence-corrected chi connectivity index (χ1v) is 6.44. The van der Waals surface area contributed by atoms with Gasteiger partial charge in [0.2, 0.25) is 5.89 Å². The summed E-state index contributed by atoms with van der Waals surface area (Å²) in [6.07, 6.45) is 3.17. The van der Waals surface area contributed by atoms with Crippen LogP contribution < -0.4 is 5.73 Å². The summed E-state index contributed by atoms with van der Waals surface area (Å²) in [6, 6.07) is 8.45. The molecule has 1 heterocycles. The summed E-state index contributed by atoms with van der Waals surface area (Å²) in [5, 5.41) is 4.15. The molecule has 0 aliphatic heterocycles. The molecule has 2 aliphatic carbocycles. The van der Waals surface area contributed by atoms with Crippen molar-refractivity contribution in [1.82, 2.24) is 10.1 Å². The summed E-state index contributed by atoms with van der Waals surface area (Å²) in [6.45, 7) is 0.607. The van der Waals surface area contributed by atoms with Crippen molar-refractivity contribution in [3.63, 3.8) is 0 Å². The van der Waals surface area contributed by atoms with Crippen LogP contribution >= 0.6 is 0 Å². The van der Waals surface area contributed by atoms with Gasteiger partial charge in [-0.05, 0) is 30.4 Å². The zero-order chi connectivity index (χ0) is 12.2. The highest BCUT2D eigenvalue weighted by Gasteiger charge is 2.48. The van der Waals surface area contributed by atoms with Gasteiger partial charge < -0.3 is 10.3 Å². The Morgan fingerprint density at radius 3 is 2.89 bits per heavy atom. The third-order valence-electron chi connectivity index (χ3n) is 4.31. The van der Waals surface area contributed by atoms with Crippen LogP contribution in [-0.2, 0) is 11.8 Å². The second-order valence-corrected chi connectivity index (χ2v) is 5.40. The van der Waals surface area contributed by atoms with Gasteiger partial charge in [-0.2, -0.15) is 4.98 Å². The Hall–Kier alpha value is -1.68. The quantitative estimate of drug-likeness (QED) is 0.889.